The average molecular weight is 296 g/mol. The van der Waals surface area contributed by atoms with Crippen LogP contribution in [0.1, 0.15) is 5.56 Å². The first-order valence-corrected chi connectivity index (χ1v) is 5.83. The number of halogens is 4. The van der Waals surface area contributed by atoms with Crippen LogP contribution in [0.3, 0.4) is 0 Å². The highest BCUT2D eigenvalue weighted by Crippen LogP contribution is 2.30. The molecule has 0 bridgehead atoms. The van der Waals surface area contributed by atoms with Crippen molar-refractivity contribution < 1.29 is 17.6 Å². The molecule has 0 aliphatic carbocycles. The highest BCUT2D eigenvalue weighted by atomic mass is 19.4. The molecule has 0 saturated heterocycles. The molecule has 0 aliphatic rings. The lowest BCUT2D eigenvalue weighted by Crippen LogP contribution is -2.04. The van der Waals surface area contributed by atoms with Crippen LogP contribution < -0.4 is 5.73 Å². The van der Waals surface area contributed by atoms with Gasteiger partial charge in [0.05, 0.1) is 17.4 Å². The zero-order chi connectivity index (χ0) is 15.2. The van der Waals surface area contributed by atoms with Crippen LogP contribution >= 0.6 is 0 Å². The van der Waals surface area contributed by atoms with Crippen molar-refractivity contribution in [2.75, 3.05) is 5.73 Å². The zero-order valence-electron chi connectivity index (χ0n) is 10.4. The van der Waals surface area contributed by atoms with E-state index in [1.807, 2.05) is 0 Å². The summed E-state index contributed by atoms with van der Waals surface area (Å²) in [7, 11) is 0. The predicted molar refractivity (Wildman–Crippen MR) is 67.8 cm³/mol. The minimum absolute atomic E-state index is 0.0978. The van der Waals surface area contributed by atoms with Gasteiger partial charge in [-0.05, 0) is 12.1 Å². The van der Waals surface area contributed by atoms with E-state index < -0.39 is 17.6 Å². The molecule has 0 spiro atoms. The quantitative estimate of drug-likeness (QED) is 0.702. The number of nitrogen functional groups attached to an aromatic ring is 1. The second-order valence-corrected chi connectivity index (χ2v) is 4.39. The van der Waals surface area contributed by atoms with Gasteiger partial charge in [0.25, 0.3) is 0 Å². The highest BCUT2D eigenvalue weighted by Gasteiger charge is 2.30. The Labute approximate surface area is 115 Å². The third-order valence-electron chi connectivity index (χ3n) is 2.90. The standard InChI is InChI=1S/C13H8F4N4/c14-9-5-10(18)12-19-11(20-21(12)6-9)7-1-3-8(4-2-7)13(15,16)17/h1-6H,18H2. The smallest absolute Gasteiger partial charge is 0.396 e. The number of hydrogen-bond acceptors (Lipinski definition) is 3. The van der Waals surface area contributed by atoms with Crippen molar-refractivity contribution >= 4 is 11.3 Å². The number of pyridine rings is 1. The van der Waals surface area contributed by atoms with Crippen LogP contribution in [-0.2, 0) is 6.18 Å². The molecule has 0 amide bonds. The molecule has 108 valence electrons. The summed E-state index contributed by atoms with van der Waals surface area (Å²) in [5.41, 5.74) is 5.58. The molecule has 3 aromatic rings. The van der Waals surface area contributed by atoms with Crippen molar-refractivity contribution in [2.45, 2.75) is 6.18 Å². The molecule has 2 aromatic heterocycles. The maximum Gasteiger partial charge on any atom is 0.416 e. The summed E-state index contributed by atoms with van der Waals surface area (Å²) in [4.78, 5) is 4.09. The fourth-order valence-electron chi connectivity index (χ4n) is 1.91. The fourth-order valence-corrected chi connectivity index (χ4v) is 1.91. The number of alkyl halides is 3. The Morgan fingerprint density at radius 1 is 1.10 bits per heavy atom. The van der Waals surface area contributed by atoms with Gasteiger partial charge in [0.15, 0.2) is 11.5 Å². The van der Waals surface area contributed by atoms with Gasteiger partial charge in [-0.25, -0.2) is 13.9 Å². The Morgan fingerprint density at radius 2 is 1.76 bits per heavy atom. The summed E-state index contributed by atoms with van der Waals surface area (Å²) in [5, 5.41) is 4.00. The van der Waals surface area contributed by atoms with Crippen LogP contribution in [0.15, 0.2) is 36.5 Å². The zero-order valence-corrected chi connectivity index (χ0v) is 10.4. The fraction of sp³-hybridized carbons (Fsp3) is 0.0769. The average Bonchev–Trinajstić information content (AvgIpc) is 2.82. The lowest BCUT2D eigenvalue weighted by molar-refractivity contribution is -0.137. The number of nitrogens with two attached hydrogens (primary N) is 1. The van der Waals surface area contributed by atoms with E-state index in [1.165, 1.54) is 12.1 Å². The predicted octanol–water partition coefficient (Wildman–Crippen LogP) is 3.14. The molecule has 8 heteroatoms. The van der Waals surface area contributed by atoms with Crippen molar-refractivity contribution in [3.8, 4) is 11.4 Å². The minimum atomic E-state index is -4.40. The molecule has 0 aliphatic heterocycles. The summed E-state index contributed by atoms with van der Waals surface area (Å²) in [6, 6.07) is 5.48. The van der Waals surface area contributed by atoms with Crippen LogP contribution in [0.2, 0.25) is 0 Å². The van der Waals surface area contributed by atoms with Crippen molar-refractivity contribution in [3.63, 3.8) is 0 Å². The van der Waals surface area contributed by atoms with Crippen molar-refractivity contribution in [2.24, 2.45) is 0 Å². The number of aromatic nitrogens is 3. The van der Waals surface area contributed by atoms with E-state index in [4.69, 9.17) is 5.73 Å². The summed E-state index contributed by atoms with van der Waals surface area (Å²) < 4.78 is 51.8. The first-order valence-electron chi connectivity index (χ1n) is 5.83. The molecule has 21 heavy (non-hydrogen) atoms. The molecule has 4 nitrogen and oxygen atoms in total. The van der Waals surface area contributed by atoms with E-state index in [9.17, 15) is 17.6 Å². The summed E-state index contributed by atoms with van der Waals surface area (Å²) in [6.45, 7) is 0. The number of anilines is 1. The van der Waals surface area contributed by atoms with E-state index in [0.717, 1.165) is 28.9 Å². The monoisotopic (exact) mass is 296 g/mol. The van der Waals surface area contributed by atoms with Gasteiger partial charge in [-0.3, -0.25) is 0 Å². The highest BCUT2D eigenvalue weighted by molar-refractivity contribution is 5.68. The SMILES string of the molecule is Nc1cc(F)cn2nc(-c3ccc(C(F)(F)F)cc3)nc12. The molecule has 2 N–H and O–H groups in total. The summed E-state index contributed by atoms with van der Waals surface area (Å²) in [6.07, 6.45) is -3.31. The molecule has 0 unspecified atom stereocenters. The number of nitrogens with zero attached hydrogens (tertiary/aromatic N) is 3. The van der Waals surface area contributed by atoms with Crippen molar-refractivity contribution in [1.82, 2.24) is 14.6 Å². The van der Waals surface area contributed by atoms with Gasteiger partial charge in [0.2, 0.25) is 0 Å². The molecule has 3 rings (SSSR count). The second-order valence-electron chi connectivity index (χ2n) is 4.39. The largest absolute Gasteiger partial charge is 0.416 e. The van der Waals surface area contributed by atoms with Gasteiger partial charge < -0.3 is 5.73 Å². The van der Waals surface area contributed by atoms with Gasteiger partial charge in [-0.1, -0.05) is 12.1 Å². The molecule has 1 aromatic carbocycles. The van der Waals surface area contributed by atoms with Gasteiger partial charge in [0, 0.05) is 11.6 Å². The topological polar surface area (TPSA) is 56.2 Å². The Hall–Kier alpha value is -2.64. The molecular formula is C13H8F4N4. The molecular weight excluding hydrogens is 288 g/mol. The third kappa shape index (κ3) is 2.39. The Balaban J connectivity index is 2.06. The van der Waals surface area contributed by atoms with Gasteiger partial charge >= 0.3 is 6.18 Å². The Bertz CT molecular complexity index is 805. The molecule has 2 heterocycles. The molecule has 0 fully saturated rings. The lowest BCUT2D eigenvalue weighted by Gasteiger charge is -2.05. The van der Waals surface area contributed by atoms with Crippen molar-refractivity contribution in [3.05, 3.63) is 47.9 Å². The second kappa shape index (κ2) is 4.44. The number of rotatable bonds is 1. The van der Waals surface area contributed by atoms with E-state index in [1.54, 1.807) is 0 Å². The number of hydrogen-bond donors (Lipinski definition) is 1. The Morgan fingerprint density at radius 3 is 2.38 bits per heavy atom. The summed E-state index contributed by atoms with van der Waals surface area (Å²) >= 11 is 0. The maximum absolute atomic E-state index is 13.2. The van der Waals surface area contributed by atoms with Crippen LogP contribution in [0, 0.1) is 5.82 Å². The van der Waals surface area contributed by atoms with Crippen LogP contribution in [-0.4, -0.2) is 14.6 Å². The molecule has 0 saturated carbocycles. The van der Waals surface area contributed by atoms with Gasteiger partial charge in [0.1, 0.15) is 5.82 Å². The Kier molecular flexibility index (Phi) is 2.82. The lowest BCUT2D eigenvalue weighted by atomic mass is 10.1. The van der Waals surface area contributed by atoms with Gasteiger partial charge in [-0.2, -0.15) is 13.2 Å². The number of benzene rings is 1. The van der Waals surface area contributed by atoms with E-state index in [2.05, 4.69) is 10.1 Å². The molecule has 0 atom stereocenters. The van der Waals surface area contributed by atoms with Gasteiger partial charge in [-0.15, -0.1) is 5.10 Å². The first kappa shape index (κ1) is 13.3. The first-order chi connectivity index (χ1) is 9.84. The molecule has 0 radical (unpaired) electrons. The van der Waals surface area contributed by atoms with E-state index in [-0.39, 0.29) is 17.2 Å². The third-order valence-corrected chi connectivity index (χ3v) is 2.90. The number of fused-ring (bicyclic) bond motifs is 1. The maximum atomic E-state index is 13.2. The van der Waals surface area contributed by atoms with Crippen molar-refractivity contribution in [1.29, 1.82) is 0 Å². The summed E-state index contributed by atoms with van der Waals surface area (Å²) in [5.74, 6) is -0.412. The van der Waals surface area contributed by atoms with E-state index >= 15 is 0 Å². The van der Waals surface area contributed by atoms with Crippen LogP contribution in [0.25, 0.3) is 17.0 Å². The van der Waals surface area contributed by atoms with E-state index in [0.29, 0.717) is 5.56 Å². The normalized spacial score (nSPS) is 12.0. The van der Waals surface area contributed by atoms with Crippen LogP contribution in [0.4, 0.5) is 23.2 Å². The van der Waals surface area contributed by atoms with Crippen LogP contribution in [0.5, 0.6) is 0 Å². The minimum Gasteiger partial charge on any atom is -0.396 e.